The van der Waals surface area contributed by atoms with Gasteiger partial charge in [0.05, 0.1) is 5.25 Å². The van der Waals surface area contributed by atoms with Crippen molar-refractivity contribution < 1.29 is 4.79 Å². The van der Waals surface area contributed by atoms with Crippen molar-refractivity contribution in [1.29, 1.82) is 0 Å². The molecule has 4 bridgehead atoms. The normalized spacial score (nSPS) is 39.5. The number of rotatable bonds is 3. The molecule has 5 aliphatic rings. The Kier molecular flexibility index (Phi) is 4.38. The van der Waals surface area contributed by atoms with Crippen LogP contribution in [0.25, 0.3) is 0 Å². The van der Waals surface area contributed by atoms with E-state index in [1.807, 2.05) is 6.92 Å². The lowest BCUT2D eigenvalue weighted by Gasteiger charge is -2.57. The highest BCUT2D eigenvalue weighted by atomic mass is 32.2. The minimum Gasteiger partial charge on any atom is -0.358 e. The van der Waals surface area contributed by atoms with Crippen LogP contribution in [0.15, 0.2) is 0 Å². The van der Waals surface area contributed by atoms with Crippen LogP contribution >= 0.6 is 24.0 Å². The first-order valence-corrected chi connectivity index (χ1v) is 10.6. The van der Waals surface area contributed by atoms with Crippen molar-refractivity contribution in [2.75, 3.05) is 13.1 Å². The first-order valence-electron chi connectivity index (χ1n) is 9.31. The lowest BCUT2D eigenvalue weighted by atomic mass is 9.53. The van der Waals surface area contributed by atoms with E-state index in [2.05, 4.69) is 10.2 Å². The van der Waals surface area contributed by atoms with Crippen molar-refractivity contribution in [3.05, 3.63) is 0 Å². The van der Waals surface area contributed by atoms with E-state index < -0.39 is 0 Å². The van der Waals surface area contributed by atoms with Gasteiger partial charge in [0.1, 0.15) is 4.32 Å². The van der Waals surface area contributed by atoms with Crippen molar-refractivity contribution in [2.45, 2.75) is 69.1 Å². The number of carbonyl (C=O) groups excluding carboxylic acids is 1. The van der Waals surface area contributed by atoms with E-state index in [9.17, 15) is 4.79 Å². The van der Waals surface area contributed by atoms with Gasteiger partial charge in [0.25, 0.3) is 0 Å². The third kappa shape index (κ3) is 3.28. The molecule has 5 fully saturated rings. The molecule has 0 aromatic rings. The Morgan fingerprint density at radius 3 is 2.17 bits per heavy atom. The average molecular weight is 353 g/mol. The maximum atomic E-state index is 12.8. The number of amides is 1. The molecule has 4 saturated carbocycles. The average Bonchev–Trinajstić information content (AvgIpc) is 2.99. The fraction of sp³-hybridized carbons (Fsp3) is 0.889. The van der Waals surface area contributed by atoms with Gasteiger partial charge < -0.3 is 10.2 Å². The third-order valence-corrected chi connectivity index (χ3v) is 8.01. The van der Waals surface area contributed by atoms with Gasteiger partial charge in [-0.05, 0) is 76.0 Å². The predicted molar refractivity (Wildman–Crippen MR) is 99.5 cm³/mol. The van der Waals surface area contributed by atoms with Gasteiger partial charge in [-0.1, -0.05) is 24.0 Å². The van der Waals surface area contributed by atoms with Crippen LogP contribution in [0.5, 0.6) is 0 Å². The lowest BCUT2D eigenvalue weighted by molar-refractivity contribution is -0.126. The molecule has 4 aliphatic carbocycles. The van der Waals surface area contributed by atoms with E-state index in [4.69, 9.17) is 12.2 Å². The molecule has 1 N–H and O–H groups in total. The minimum atomic E-state index is -0.0731. The molecule has 0 unspecified atom stereocenters. The van der Waals surface area contributed by atoms with Crippen molar-refractivity contribution in [3.63, 3.8) is 0 Å². The summed E-state index contributed by atoms with van der Waals surface area (Å²) in [5.74, 6) is 2.82. The fourth-order valence-corrected chi connectivity index (χ4v) is 7.22. The monoisotopic (exact) mass is 352 g/mol. The number of carbonyl (C=O) groups is 1. The summed E-state index contributed by atoms with van der Waals surface area (Å²) in [4.78, 5) is 15.0. The van der Waals surface area contributed by atoms with Gasteiger partial charge in [0, 0.05) is 18.6 Å². The molecular formula is C18H28N2OS2. The Labute approximate surface area is 149 Å². The largest absolute Gasteiger partial charge is 0.358 e. The standard InChI is InChI=1S/C18H28N2OS2/c1-12(23-17(22)20-4-2-3-5-20)16(21)19-18-9-13-6-14(10-18)8-15(7-13)11-18/h12-15H,2-11H2,1H3,(H,19,21)/t12-,13?,14?,15?,18?/m1/s1. The highest BCUT2D eigenvalue weighted by Crippen LogP contribution is 2.55. The Morgan fingerprint density at radius 2 is 1.65 bits per heavy atom. The quantitative estimate of drug-likeness (QED) is 0.787. The second-order valence-corrected chi connectivity index (χ2v) is 10.4. The number of nitrogens with zero attached hydrogens (tertiary/aromatic N) is 1. The molecule has 5 rings (SSSR count). The third-order valence-electron chi connectivity index (χ3n) is 6.44. The predicted octanol–water partition coefficient (Wildman–Crippen LogP) is 3.57. The molecule has 1 saturated heterocycles. The molecule has 5 heteroatoms. The summed E-state index contributed by atoms with van der Waals surface area (Å²) in [6.07, 6.45) is 10.4. The van der Waals surface area contributed by atoms with Crippen LogP contribution < -0.4 is 5.32 Å². The smallest absolute Gasteiger partial charge is 0.233 e. The summed E-state index contributed by atoms with van der Waals surface area (Å²) in [7, 11) is 0. The molecule has 0 spiro atoms. The van der Waals surface area contributed by atoms with Gasteiger partial charge in [0.15, 0.2) is 0 Å². The molecule has 1 atom stereocenters. The maximum absolute atomic E-state index is 12.8. The summed E-state index contributed by atoms with van der Waals surface area (Å²) in [6.45, 7) is 4.15. The van der Waals surface area contributed by atoms with Crippen LogP contribution in [0.4, 0.5) is 0 Å². The van der Waals surface area contributed by atoms with Gasteiger partial charge in [-0.2, -0.15) is 0 Å². The molecule has 23 heavy (non-hydrogen) atoms. The maximum Gasteiger partial charge on any atom is 0.233 e. The molecule has 1 amide bonds. The van der Waals surface area contributed by atoms with E-state index in [1.54, 1.807) is 11.8 Å². The van der Waals surface area contributed by atoms with Crippen molar-refractivity contribution in [1.82, 2.24) is 10.2 Å². The number of likely N-dealkylation sites (tertiary alicyclic amines) is 1. The molecule has 1 aliphatic heterocycles. The Balaban J connectivity index is 1.35. The van der Waals surface area contributed by atoms with E-state index in [0.29, 0.717) is 0 Å². The van der Waals surface area contributed by atoms with Crippen molar-refractivity contribution in [3.8, 4) is 0 Å². The van der Waals surface area contributed by atoms with Gasteiger partial charge >= 0.3 is 0 Å². The molecule has 0 aromatic carbocycles. The zero-order chi connectivity index (χ0) is 16.0. The molecule has 0 aromatic heterocycles. The highest BCUT2D eigenvalue weighted by molar-refractivity contribution is 8.23. The van der Waals surface area contributed by atoms with Crippen LogP contribution in [0.2, 0.25) is 0 Å². The number of hydrogen-bond donors (Lipinski definition) is 1. The zero-order valence-corrected chi connectivity index (χ0v) is 15.7. The van der Waals surface area contributed by atoms with Crippen LogP contribution in [0, 0.1) is 17.8 Å². The number of thiocarbonyl (C=S) groups is 1. The van der Waals surface area contributed by atoms with Gasteiger partial charge in [-0.25, -0.2) is 0 Å². The molecular weight excluding hydrogens is 324 g/mol. The van der Waals surface area contributed by atoms with Crippen LogP contribution in [0.3, 0.4) is 0 Å². The fourth-order valence-electron chi connectivity index (χ4n) is 5.81. The van der Waals surface area contributed by atoms with E-state index in [0.717, 1.165) is 35.2 Å². The number of hydrogen-bond acceptors (Lipinski definition) is 3. The highest BCUT2D eigenvalue weighted by Gasteiger charge is 2.51. The van der Waals surface area contributed by atoms with Gasteiger partial charge in [-0.3, -0.25) is 4.79 Å². The molecule has 128 valence electrons. The summed E-state index contributed by atoms with van der Waals surface area (Å²) in [5, 5.41) is 3.41. The van der Waals surface area contributed by atoms with Gasteiger partial charge in [-0.15, -0.1) is 0 Å². The SMILES string of the molecule is C[C@@H](SC(=S)N1CCCC1)C(=O)NC12CC3CC(CC(C3)C1)C2. The van der Waals surface area contributed by atoms with Crippen molar-refractivity contribution in [2.24, 2.45) is 17.8 Å². The molecule has 3 nitrogen and oxygen atoms in total. The summed E-state index contributed by atoms with van der Waals surface area (Å²) < 4.78 is 0.913. The number of thioether (sulfide) groups is 1. The van der Waals surface area contributed by atoms with E-state index in [1.165, 1.54) is 51.4 Å². The van der Waals surface area contributed by atoms with Crippen molar-refractivity contribution >= 4 is 34.2 Å². The summed E-state index contributed by atoms with van der Waals surface area (Å²) in [6, 6.07) is 0. The first kappa shape index (κ1) is 16.2. The Bertz CT molecular complexity index is 466. The summed E-state index contributed by atoms with van der Waals surface area (Å²) in [5.41, 5.74) is 0.121. The second kappa shape index (κ2) is 6.21. The molecule has 0 radical (unpaired) electrons. The zero-order valence-electron chi connectivity index (χ0n) is 14.1. The number of nitrogens with one attached hydrogen (secondary N) is 1. The first-order chi connectivity index (χ1) is 11.0. The lowest BCUT2D eigenvalue weighted by Crippen LogP contribution is -2.60. The molecule has 1 heterocycles. The van der Waals surface area contributed by atoms with Crippen LogP contribution in [0.1, 0.15) is 58.3 Å². The Morgan fingerprint density at radius 1 is 1.13 bits per heavy atom. The second-order valence-electron chi connectivity index (χ2n) is 8.41. The van der Waals surface area contributed by atoms with Gasteiger partial charge in [0.2, 0.25) is 5.91 Å². The minimum absolute atomic E-state index is 0.0731. The topological polar surface area (TPSA) is 32.3 Å². The Hall–Kier alpha value is -0.290. The van der Waals surface area contributed by atoms with Crippen LogP contribution in [-0.4, -0.2) is 39.0 Å². The van der Waals surface area contributed by atoms with Crippen LogP contribution in [-0.2, 0) is 4.79 Å². The van der Waals surface area contributed by atoms with E-state index >= 15 is 0 Å². The summed E-state index contributed by atoms with van der Waals surface area (Å²) >= 11 is 7.11. The van der Waals surface area contributed by atoms with E-state index in [-0.39, 0.29) is 16.7 Å².